The van der Waals surface area contributed by atoms with Crippen LogP contribution in [0.4, 0.5) is 5.69 Å². The molecule has 0 saturated heterocycles. The molecule has 3 heteroatoms. The quantitative estimate of drug-likeness (QED) is 0.881. The molecule has 0 aromatic heterocycles. The van der Waals surface area contributed by atoms with Gasteiger partial charge in [0, 0.05) is 29.9 Å². The third-order valence-electron chi connectivity index (χ3n) is 3.43. The molecule has 2 aromatic rings. The van der Waals surface area contributed by atoms with Crippen molar-refractivity contribution in [3.63, 3.8) is 0 Å². The molecule has 0 bridgehead atoms. The first-order valence-corrected chi connectivity index (χ1v) is 7.22. The summed E-state index contributed by atoms with van der Waals surface area (Å²) >= 11 is 5.90. The average Bonchev–Trinajstić information content (AvgIpc) is 2.48. The Morgan fingerprint density at radius 3 is 2.40 bits per heavy atom. The van der Waals surface area contributed by atoms with Crippen LogP contribution in [0.5, 0.6) is 0 Å². The summed E-state index contributed by atoms with van der Waals surface area (Å²) < 4.78 is 0. The number of hydrogen-bond acceptors (Lipinski definition) is 2. The van der Waals surface area contributed by atoms with Crippen molar-refractivity contribution in [3.05, 3.63) is 64.7 Å². The van der Waals surface area contributed by atoms with Crippen molar-refractivity contribution in [2.45, 2.75) is 26.0 Å². The maximum Gasteiger partial charge on any atom is 0.0807 e. The van der Waals surface area contributed by atoms with Crippen LogP contribution in [-0.4, -0.2) is 12.2 Å². The average molecular weight is 290 g/mol. The molecule has 0 radical (unpaired) electrons. The number of aliphatic hydroxyl groups is 1. The van der Waals surface area contributed by atoms with E-state index in [0.29, 0.717) is 6.42 Å². The van der Waals surface area contributed by atoms with Gasteiger partial charge in [-0.15, -0.1) is 0 Å². The molecule has 0 unspecified atom stereocenters. The van der Waals surface area contributed by atoms with Gasteiger partial charge in [-0.1, -0.05) is 48.9 Å². The van der Waals surface area contributed by atoms with Gasteiger partial charge in [0.25, 0.3) is 0 Å². The van der Waals surface area contributed by atoms with Gasteiger partial charge >= 0.3 is 0 Å². The van der Waals surface area contributed by atoms with Gasteiger partial charge in [0.05, 0.1) is 6.10 Å². The minimum Gasteiger partial charge on any atom is -0.388 e. The van der Waals surface area contributed by atoms with Crippen molar-refractivity contribution in [3.8, 4) is 0 Å². The fourth-order valence-electron chi connectivity index (χ4n) is 2.29. The summed E-state index contributed by atoms with van der Waals surface area (Å²) in [5.41, 5.74) is 3.24. The van der Waals surface area contributed by atoms with Gasteiger partial charge in [0.2, 0.25) is 0 Å². The standard InChI is InChI=1S/C17H20ClNO/c1-3-17(20)15-6-4-5-7-16(15)19(2)12-13-8-10-14(18)11-9-13/h4-11,17,20H,3,12H2,1-2H3/t17-/m0/s1. The maximum atomic E-state index is 10.1. The van der Waals surface area contributed by atoms with E-state index in [2.05, 4.69) is 4.90 Å². The van der Waals surface area contributed by atoms with Gasteiger partial charge in [-0.05, 0) is 30.2 Å². The van der Waals surface area contributed by atoms with Crippen molar-refractivity contribution in [2.75, 3.05) is 11.9 Å². The number of para-hydroxylation sites is 1. The lowest BCUT2D eigenvalue weighted by molar-refractivity contribution is 0.174. The number of hydrogen-bond donors (Lipinski definition) is 1. The van der Waals surface area contributed by atoms with Crippen LogP contribution in [-0.2, 0) is 6.54 Å². The number of rotatable bonds is 5. The van der Waals surface area contributed by atoms with Crippen LogP contribution >= 0.6 is 11.6 Å². The molecule has 0 spiro atoms. The molecule has 0 aliphatic rings. The summed E-state index contributed by atoms with van der Waals surface area (Å²) in [5, 5.41) is 10.9. The molecule has 0 amide bonds. The second-order valence-electron chi connectivity index (χ2n) is 4.97. The zero-order valence-corrected chi connectivity index (χ0v) is 12.6. The minimum atomic E-state index is -0.418. The van der Waals surface area contributed by atoms with Gasteiger partial charge < -0.3 is 10.0 Å². The van der Waals surface area contributed by atoms with Gasteiger partial charge in [0.15, 0.2) is 0 Å². The normalized spacial score (nSPS) is 12.2. The smallest absolute Gasteiger partial charge is 0.0807 e. The first-order chi connectivity index (χ1) is 9.61. The van der Waals surface area contributed by atoms with Crippen LogP contribution in [0, 0.1) is 0 Å². The van der Waals surface area contributed by atoms with E-state index in [0.717, 1.165) is 22.8 Å². The monoisotopic (exact) mass is 289 g/mol. The van der Waals surface area contributed by atoms with Gasteiger partial charge in [0.1, 0.15) is 0 Å². The molecule has 20 heavy (non-hydrogen) atoms. The Morgan fingerprint density at radius 2 is 1.75 bits per heavy atom. The van der Waals surface area contributed by atoms with E-state index in [9.17, 15) is 5.11 Å². The Morgan fingerprint density at radius 1 is 1.10 bits per heavy atom. The Kier molecular flexibility index (Phi) is 5.05. The molecule has 106 valence electrons. The predicted molar refractivity (Wildman–Crippen MR) is 85.3 cm³/mol. The Hall–Kier alpha value is -1.51. The van der Waals surface area contributed by atoms with Crippen LogP contribution in [0.3, 0.4) is 0 Å². The fourth-order valence-corrected chi connectivity index (χ4v) is 2.41. The van der Waals surface area contributed by atoms with Crippen molar-refractivity contribution in [1.82, 2.24) is 0 Å². The largest absolute Gasteiger partial charge is 0.388 e. The van der Waals surface area contributed by atoms with Crippen molar-refractivity contribution in [1.29, 1.82) is 0 Å². The summed E-state index contributed by atoms with van der Waals surface area (Å²) in [4.78, 5) is 2.15. The molecule has 0 saturated carbocycles. The van der Waals surface area contributed by atoms with Crippen molar-refractivity contribution >= 4 is 17.3 Å². The van der Waals surface area contributed by atoms with E-state index in [4.69, 9.17) is 11.6 Å². The number of benzene rings is 2. The SMILES string of the molecule is CC[C@H](O)c1ccccc1N(C)Cc1ccc(Cl)cc1. The van der Waals surface area contributed by atoms with E-state index in [1.807, 2.05) is 62.5 Å². The van der Waals surface area contributed by atoms with Crippen molar-refractivity contribution in [2.24, 2.45) is 0 Å². The van der Waals surface area contributed by atoms with E-state index >= 15 is 0 Å². The highest BCUT2D eigenvalue weighted by molar-refractivity contribution is 6.30. The van der Waals surface area contributed by atoms with Crippen LogP contribution in [0.25, 0.3) is 0 Å². The lowest BCUT2D eigenvalue weighted by Crippen LogP contribution is -2.18. The third kappa shape index (κ3) is 3.53. The molecular weight excluding hydrogens is 270 g/mol. The topological polar surface area (TPSA) is 23.5 Å². The summed E-state index contributed by atoms with van der Waals surface area (Å²) in [7, 11) is 2.04. The summed E-state index contributed by atoms with van der Waals surface area (Å²) in [6, 6.07) is 15.9. The summed E-state index contributed by atoms with van der Waals surface area (Å²) in [5.74, 6) is 0. The van der Waals surface area contributed by atoms with Gasteiger partial charge in [-0.3, -0.25) is 0 Å². The summed E-state index contributed by atoms with van der Waals surface area (Å²) in [6.07, 6.45) is 0.296. The van der Waals surface area contributed by atoms with Crippen LogP contribution < -0.4 is 4.90 Å². The molecular formula is C17H20ClNO. The van der Waals surface area contributed by atoms with E-state index in [1.54, 1.807) is 0 Å². The third-order valence-corrected chi connectivity index (χ3v) is 3.68. The summed E-state index contributed by atoms with van der Waals surface area (Å²) in [6.45, 7) is 2.77. The molecule has 1 atom stereocenters. The molecule has 2 rings (SSSR count). The number of aliphatic hydroxyl groups excluding tert-OH is 1. The maximum absolute atomic E-state index is 10.1. The molecule has 0 heterocycles. The Balaban J connectivity index is 2.20. The fraction of sp³-hybridized carbons (Fsp3) is 0.294. The van der Waals surface area contributed by atoms with E-state index < -0.39 is 6.10 Å². The van der Waals surface area contributed by atoms with Crippen LogP contribution in [0.15, 0.2) is 48.5 Å². The lowest BCUT2D eigenvalue weighted by Gasteiger charge is -2.24. The number of halogens is 1. The second kappa shape index (κ2) is 6.78. The molecule has 1 N–H and O–H groups in total. The van der Waals surface area contributed by atoms with Crippen molar-refractivity contribution < 1.29 is 5.11 Å². The first kappa shape index (κ1) is 14.9. The van der Waals surface area contributed by atoms with Gasteiger partial charge in [-0.2, -0.15) is 0 Å². The highest BCUT2D eigenvalue weighted by atomic mass is 35.5. The predicted octanol–water partition coefficient (Wildman–Crippen LogP) is 4.42. The van der Waals surface area contributed by atoms with E-state index in [1.165, 1.54) is 5.56 Å². The number of anilines is 1. The molecule has 2 nitrogen and oxygen atoms in total. The zero-order chi connectivity index (χ0) is 14.5. The molecule has 0 aliphatic heterocycles. The Bertz CT molecular complexity index is 553. The van der Waals surface area contributed by atoms with E-state index in [-0.39, 0.29) is 0 Å². The Labute approximate surface area is 125 Å². The highest BCUT2D eigenvalue weighted by Crippen LogP contribution is 2.28. The second-order valence-corrected chi connectivity index (χ2v) is 5.40. The molecule has 2 aromatic carbocycles. The minimum absolute atomic E-state index is 0.418. The van der Waals surface area contributed by atoms with Crippen LogP contribution in [0.1, 0.15) is 30.6 Å². The van der Waals surface area contributed by atoms with Gasteiger partial charge in [-0.25, -0.2) is 0 Å². The number of nitrogens with zero attached hydrogens (tertiary/aromatic N) is 1. The van der Waals surface area contributed by atoms with Crippen LogP contribution in [0.2, 0.25) is 5.02 Å². The molecule has 0 fully saturated rings. The first-order valence-electron chi connectivity index (χ1n) is 6.84. The lowest BCUT2D eigenvalue weighted by atomic mass is 10.0. The zero-order valence-electron chi connectivity index (χ0n) is 11.9. The highest BCUT2D eigenvalue weighted by Gasteiger charge is 2.13. The molecule has 0 aliphatic carbocycles.